The molecule has 0 aliphatic rings. The van der Waals surface area contributed by atoms with Crippen LogP contribution < -0.4 is 5.73 Å². The zero-order valence-electron chi connectivity index (χ0n) is 8.75. The van der Waals surface area contributed by atoms with Crippen LogP contribution in [0.5, 0.6) is 0 Å². The van der Waals surface area contributed by atoms with Crippen molar-refractivity contribution in [3.05, 3.63) is 29.8 Å². The first-order valence-electron chi connectivity index (χ1n) is 4.63. The predicted octanol–water partition coefficient (Wildman–Crippen LogP) is 0.181. The minimum Gasteiger partial charge on any atom is -0.480 e. The zero-order chi connectivity index (χ0) is 12.3. The normalized spacial score (nSPS) is 13.4. The van der Waals surface area contributed by atoms with Crippen molar-refractivity contribution in [2.24, 2.45) is 5.73 Å². The van der Waals surface area contributed by atoms with Crippen LogP contribution in [-0.2, 0) is 14.6 Å². The average molecular weight is 243 g/mol. The van der Waals surface area contributed by atoms with E-state index in [0.29, 0.717) is 5.56 Å². The Kier molecular flexibility index (Phi) is 3.66. The van der Waals surface area contributed by atoms with Crippen molar-refractivity contribution >= 4 is 15.8 Å². The second-order valence-corrected chi connectivity index (χ2v) is 5.47. The zero-order valence-corrected chi connectivity index (χ0v) is 9.57. The highest BCUT2D eigenvalue weighted by Gasteiger charge is 2.33. The lowest BCUT2D eigenvalue weighted by molar-refractivity contribution is -0.136. The summed E-state index contributed by atoms with van der Waals surface area (Å²) in [5.74, 6) is -1.43. The molecule has 1 aromatic rings. The fourth-order valence-corrected chi connectivity index (χ4v) is 3.00. The molecule has 0 bridgehead atoms. The number of nitrogens with two attached hydrogens (primary N) is 1. The lowest BCUT2D eigenvalue weighted by Crippen LogP contribution is -2.37. The molecule has 1 unspecified atom stereocenters. The summed E-state index contributed by atoms with van der Waals surface area (Å²) in [6, 6.07) is 6.24. The van der Waals surface area contributed by atoms with Gasteiger partial charge in [0.05, 0.1) is 4.90 Å². The number of hydrogen-bond donors (Lipinski definition) is 2. The number of aryl methyl sites for hydroxylation is 1. The Bertz CT molecular complexity index is 495. The van der Waals surface area contributed by atoms with Gasteiger partial charge in [0, 0.05) is 6.54 Å². The summed E-state index contributed by atoms with van der Waals surface area (Å²) in [4.78, 5) is 10.8. The van der Waals surface area contributed by atoms with Crippen LogP contribution in [0.4, 0.5) is 0 Å². The van der Waals surface area contributed by atoms with Crippen LogP contribution in [0.2, 0.25) is 0 Å². The minimum atomic E-state index is -3.91. The van der Waals surface area contributed by atoms with Crippen molar-refractivity contribution in [1.82, 2.24) is 0 Å². The highest BCUT2D eigenvalue weighted by Crippen LogP contribution is 2.19. The molecule has 1 atom stereocenters. The monoisotopic (exact) mass is 243 g/mol. The summed E-state index contributed by atoms with van der Waals surface area (Å²) >= 11 is 0. The van der Waals surface area contributed by atoms with Crippen molar-refractivity contribution in [1.29, 1.82) is 0 Å². The van der Waals surface area contributed by atoms with Crippen molar-refractivity contribution in [3.8, 4) is 0 Å². The average Bonchev–Trinajstić information content (AvgIpc) is 2.17. The molecule has 0 aromatic heterocycles. The SMILES string of the molecule is Cc1ccccc1S(=O)(=O)C(CN)C(=O)O. The van der Waals surface area contributed by atoms with Crippen molar-refractivity contribution in [2.45, 2.75) is 17.1 Å². The topological polar surface area (TPSA) is 97.5 Å². The van der Waals surface area contributed by atoms with E-state index < -0.39 is 27.6 Å². The first-order valence-corrected chi connectivity index (χ1v) is 6.18. The molecule has 5 nitrogen and oxygen atoms in total. The molecular weight excluding hydrogens is 230 g/mol. The summed E-state index contributed by atoms with van der Waals surface area (Å²) in [5.41, 5.74) is 5.70. The van der Waals surface area contributed by atoms with Crippen molar-refractivity contribution < 1.29 is 18.3 Å². The van der Waals surface area contributed by atoms with E-state index in [1.165, 1.54) is 6.07 Å². The van der Waals surface area contributed by atoms with Crippen LogP contribution in [0.3, 0.4) is 0 Å². The first kappa shape index (κ1) is 12.7. The number of benzene rings is 1. The van der Waals surface area contributed by atoms with E-state index in [4.69, 9.17) is 10.8 Å². The highest BCUT2D eigenvalue weighted by atomic mass is 32.2. The van der Waals surface area contributed by atoms with E-state index in [-0.39, 0.29) is 4.90 Å². The Morgan fingerprint density at radius 2 is 2.00 bits per heavy atom. The van der Waals surface area contributed by atoms with Crippen LogP contribution in [0, 0.1) is 6.92 Å². The van der Waals surface area contributed by atoms with Gasteiger partial charge < -0.3 is 10.8 Å². The van der Waals surface area contributed by atoms with Gasteiger partial charge in [-0.05, 0) is 18.6 Å². The lowest BCUT2D eigenvalue weighted by atomic mass is 10.2. The van der Waals surface area contributed by atoms with Gasteiger partial charge in [0.2, 0.25) is 0 Å². The molecule has 0 spiro atoms. The van der Waals surface area contributed by atoms with Gasteiger partial charge in [0.15, 0.2) is 15.1 Å². The minimum absolute atomic E-state index is 0.0212. The quantitative estimate of drug-likeness (QED) is 0.786. The number of aliphatic carboxylic acids is 1. The van der Waals surface area contributed by atoms with Gasteiger partial charge in [0.1, 0.15) is 0 Å². The molecular formula is C10H13NO4S. The second kappa shape index (κ2) is 4.63. The van der Waals surface area contributed by atoms with Crippen LogP contribution in [0.25, 0.3) is 0 Å². The summed E-state index contributed by atoms with van der Waals surface area (Å²) < 4.78 is 23.9. The molecule has 0 fully saturated rings. The fourth-order valence-electron chi connectivity index (χ4n) is 1.39. The third kappa shape index (κ3) is 2.23. The van der Waals surface area contributed by atoms with Crippen LogP contribution in [0.15, 0.2) is 29.2 Å². The molecule has 0 aliphatic carbocycles. The van der Waals surface area contributed by atoms with Gasteiger partial charge in [-0.15, -0.1) is 0 Å². The Morgan fingerprint density at radius 1 is 1.44 bits per heavy atom. The standard InChI is InChI=1S/C10H13NO4S/c1-7-4-2-3-5-8(7)16(14,15)9(6-11)10(12)13/h2-5,9H,6,11H2,1H3,(H,12,13). The van der Waals surface area contributed by atoms with Crippen LogP contribution in [0.1, 0.15) is 5.56 Å². The maximum absolute atomic E-state index is 12.0. The van der Waals surface area contributed by atoms with Crippen LogP contribution in [-0.4, -0.2) is 31.3 Å². The van der Waals surface area contributed by atoms with Gasteiger partial charge in [0.25, 0.3) is 0 Å². The van der Waals surface area contributed by atoms with Crippen molar-refractivity contribution in [3.63, 3.8) is 0 Å². The number of carboxylic acid groups (broad SMARTS) is 1. The van der Waals surface area contributed by atoms with Gasteiger partial charge in [-0.2, -0.15) is 0 Å². The second-order valence-electron chi connectivity index (χ2n) is 3.37. The van der Waals surface area contributed by atoms with Gasteiger partial charge >= 0.3 is 5.97 Å². The first-order chi connectivity index (χ1) is 7.41. The number of sulfone groups is 1. The number of hydrogen-bond acceptors (Lipinski definition) is 4. The molecule has 0 saturated heterocycles. The molecule has 0 radical (unpaired) electrons. The van der Waals surface area contributed by atoms with Gasteiger partial charge in [-0.25, -0.2) is 8.42 Å². The Morgan fingerprint density at radius 3 is 2.44 bits per heavy atom. The summed E-state index contributed by atoms with van der Waals surface area (Å²) in [5, 5.41) is 7.21. The molecule has 16 heavy (non-hydrogen) atoms. The van der Waals surface area contributed by atoms with E-state index >= 15 is 0 Å². The summed E-state index contributed by atoms with van der Waals surface area (Å²) in [7, 11) is -3.91. The predicted molar refractivity (Wildman–Crippen MR) is 58.8 cm³/mol. The van der Waals surface area contributed by atoms with E-state index in [0.717, 1.165) is 0 Å². The molecule has 3 N–H and O–H groups in total. The van der Waals surface area contributed by atoms with E-state index in [2.05, 4.69) is 0 Å². The number of rotatable bonds is 4. The number of carbonyl (C=O) groups is 1. The van der Waals surface area contributed by atoms with E-state index in [1.54, 1.807) is 25.1 Å². The van der Waals surface area contributed by atoms with Crippen molar-refractivity contribution in [2.75, 3.05) is 6.54 Å². The number of carboxylic acids is 1. The summed E-state index contributed by atoms with van der Waals surface area (Å²) in [6.45, 7) is 1.17. The lowest BCUT2D eigenvalue weighted by Gasteiger charge is -2.12. The Hall–Kier alpha value is -1.40. The maximum Gasteiger partial charge on any atom is 0.323 e. The van der Waals surface area contributed by atoms with E-state index in [1.807, 2.05) is 0 Å². The maximum atomic E-state index is 12.0. The molecule has 0 aliphatic heterocycles. The third-order valence-corrected chi connectivity index (χ3v) is 4.48. The Labute approximate surface area is 93.8 Å². The molecule has 0 heterocycles. The highest BCUT2D eigenvalue weighted by molar-refractivity contribution is 7.92. The fraction of sp³-hybridized carbons (Fsp3) is 0.300. The molecule has 1 rings (SSSR count). The Balaban J connectivity index is 3.32. The largest absolute Gasteiger partial charge is 0.480 e. The molecule has 0 amide bonds. The third-order valence-electron chi connectivity index (χ3n) is 2.26. The molecule has 88 valence electrons. The summed E-state index contributed by atoms with van der Waals surface area (Å²) in [6.07, 6.45) is 0. The molecule has 1 aromatic carbocycles. The molecule has 0 saturated carbocycles. The molecule has 6 heteroatoms. The smallest absolute Gasteiger partial charge is 0.323 e. The van der Waals surface area contributed by atoms with Gasteiger partial charge in [-0.1, -0.05) is 18.2 Å². The van der Waals surface area contributed by atoms with Gasteiger partial charge in [-0.3, -0.25) is 4.79 Å². The van der Waals surface area contributed by atoms with E-state index in [9.17, 15) is 13.2 Å². The van der Waals surface area contributed by atoms with Crippen LogP contribution >= 0.6 is 0 Å².